The van der Waals surface area contributed by atoms with Crippen LogP contribution in [0.4, 0.5) is 5.82 Å². The average molecular weight is 270 g/mol. The highest BCUT2D eigenvalue weighted by Gasteiger charge is 2.12. The molecule has 1 aromatic heterocycles. The van der Waals surface area contributed by atoms with E-state index in [9.17, 15) is 9.59 Å². The number of benzene rings is 1. The van der Waals surface area contributed by atoms with Crippen LogP contribution in [0, 0.1) is 13.8 Å². The number of carboxylic acids is 1. The molecule has 5 heteroatoms. The van der Waals surface area contributed by atoms with Gasteiger partial charge in [0, 0.05) is 11.8 Å². The van der Waals surface area contributed by atoms with Gasteiger partial charge in [-0.3, -0.25) is 4.79 Å². The Bertz CT molecular complexity index is 643. The number of amides is 1. The first-order valence-corrected chi connectivity index (χ1v) is 6.06. The predicted octanol–water partition coefficient (Wildman–Crippen LogP) is 2.65. The number of hydrogen-bond donors (Lipinski definition) is 2. The van der Waals surface area contributed by atoms with Gasteiger partial charge in [-0.2, -0.15) is 0 Å². The van der Waals surface area contributed by atoms with Crippen molar-refractivity contribution in [3.63, 3.8) is 0 Å². The Morgan fingerprint density at radius 2 is 1.75 bits per heavy atom. The summed E-state index contributed by atoms with van der Waals surface area (Å²) in [6.07, 6.45) is 1.21. The van der Waals surface area contributed by atoms with Crippen molar-refractivity contribution in [3.8, 4) is 0 Å². The van der Waals surface area contributed by atoms with Crippen LogP contribution in [0.1, 0.15) is 31.8 Å². The Balaban J connectivity index is 2.21. The Morgan fingerprint density at radius 3 is 2.25 bits per heavy atom. The highest BCUT2D eigenvalue weighted by atomic mass is 16.4. The van der Waals surface area contributed by atoms with E-state index in [1.165, 1.54) is 18.3 Å². The second kappa shape index (κ2) is 5.52. The number of aromatic carboxylic acids is 1. The van der Waals surface area contributed by atoms with E-state index < -0.39 is 5.97 Å². The summed E-state index contributed by atoms with van der Waals surface area (Å²) in [6.45, 7) is 3.73. The lowest BCUT2D eigenvalue weighted by molar-refractivity contribution is 0.0696. The van der Waals surface area contributed by atoms with Crippen molar-refractivity contribution in [2.45, 2.75) is 13.8 Å². The molecule has 0 saturated heterocycles. The van der Waals surface area contributed by atoms with Gasteiger partial charge in [0.1, 0.15) is 5.82 Å². The van der Waals surface area contributed by atoms with Crippen LogP contribution >= 0.6 is 0 Å². The van der Waals surface area contributed by atoms with Crippen LogP contribution in [0.25, 0.3) is 0 Å². The van der Waals surface area contributed by atoms with Crippen molar-refractivity contribution in [2.75, 3.05) is 5.32 Å². The van der Waals surface area contributed by atoms with E-state index in [2.05, 4.69) is 10.3 Å². The minimum Gasteiger partial charge on any atom is -0.478 e. The second-order valence-electron chi connectivity index (χ2n) is 4.46. The Morgan fingerprint density at radius 1 is 1.10 bits per heavy atom. The fourth-order valence-corrected chi connectivity index (χ4v) is 1.95. The average Bonchev–Trinajstić information content (AvgIpc) is 2.39. The Labute approximate surface area is 116 Å². The fraction of sp³-hybridized carbons (Fsp3) is 0.133. The van der Waals surface area contributed by atoms with Crippen LogP contribution in [0.2, 0.25) is 0 Å². The van der Waals surface area contributed by atoms with Gasteiger partial charge in [0.05, 0.1) is 5.56 Å². The van der Waals surface area contributed by atoms with Crippen LogP contribution < -0.4 is 5.32 Å². The van der Waals surface area contributed by atoms with Crippen LogP contribution in [0.5, 0.6) is 0 Å². The third-order valence-electron chi connectivity index (χ3n) is 2.96. The van der Waals surface area contributed by atoms with E-state index in [0.717, 1.165) is 11.1 Å². The lowest BCUT2D eigenvalue weighted by Gasteiger charge is -2.09. The first-order valence-electron chi connectivity index (χ1n) is 6.06. The molecule has 0 spiro atoms. The quantitative estimate of drug-likeness (QED) is 0.898. The van der Waals surface area contributed by atoms with Gasteiger partial charge < -0.3 is 10.4 Å². The molecule has 0 bridgehead atoms. The number of hydrogen-bond acceptors (Lipinski definition) is 3. The fourth-order valence-electron chi connectivity index (χ4n) is 1.95. The number of nitrogens with zero attached hydrogens (tertiary/aromatic N) is 1. The summed E-state index contributed by atoms with van der Waals surface area (Å²) < 4.78 is 0. The van der Waals surface area contributed by atoms with E-state index in [0.29, 0.717) is 11.4 Å². The summed E-state index contributed by atoms with van der Waals surface area (Å²) in [7, 11) is 0. The molecule has 0 aliphatic carbocycles. The van der Waals surface area contributed by atoms with Crippen molar-refractivity contribution >= 4 is 17.7 Å². The topological polar surface area (TPSA) is 79.3 Å². The number of anilines is 1. The molecular formula is C15H14N2O3. The molecule has 0 saturated carbocycles. The molecule has 0 aliphatic heterocycles. The zero-order valence-corrected chi connectivity index (χ0v) is 11.2. The molecule has 20 heavy (non-hydrogen) atoms. The molecule has 1 aromatic carbocycles. The Hall–Kier alpha value is -2.69. The molecule has 0 radical (unpaired) electrons. The molecule has 102 valence electrons. The van der Waals surface area contributed by atoms with Crippen LogP contribution in [-0.2, 0) is 0 Å². The van der Waals surface area contributed by atoms with E-state index in [1.807, 2.05) is 32.0 Å². The Kier molecular flexibility index (Phi) is 3.79. The molecular weight excluding hydrogens is 256 g/mol. The molecule has 1 amide bonds. The van der Waals surface area contributed by atoms with Crippen molar-refractivity contribution < 1.29 is 14.7 Å². The number of aromatic nitrogens is 1. The largest absolute Gasteiger partial charge is 0.478 e. The van der Waals surface area contributed by atoms with Gasteiger partial charge in [0.15, 0.2) is 0 Å². The summed E-state index contributed by atoms with van der Waals surface area (Å²) in [6, 6.07) is 8.48. The molecule has 1 heterocycles. The maximum Gasteiger partial charge on any atom is 0.337 e. The van der Waals surface area contributed by atoms with Crippen molar-refractivity contribution in [1.82, 2.24) is 4.98 Å². The second-order valence-corrected chi connectivity index (χ2v) is 4.46. The molecule has 0 aliphatic rings. The van der Waals surface area contributed by atoms with E-state index in [-0.39, 0.29) is 11.5 Å². The minimum atomic E-state index is -1.05. The molecule has 0 atom stereocenters. The van der Waals surface area contributed by atoms with Crippen molar-refractivity contribution in [2.24, 2.45) is 0 Å². The van der Waals surface area contributed by atoms with Gasteiger partial charge in [-0.1, -0.05) is 18.2 Å². The lowest BCUT2D eigenvalue weighted by atomic mass is 10.0. The number of pyridine rings is 1. The van der Waals surface area contributed by atoms with Gasteiger partial charge in [-0.15, -0.1) is 0 Å². The van der Waals surface area contributed by atoms with E-state index in [4.69, 9.17) is 5.11 Å². The number of carboxylic acid groups (broad SMARTS) is 1. The molecule has 0 unspecified atom stereocenters. The summed E-state index contributed by atoms with van der Waals surface area (Å²) >= 11 is 0. The smallest absolute Gasteiger partial charge is 0.337 e. The summed E-state index contributed by atoms with van der Waals surface area (Å²) in [5, 5.41) is 11.4. The van der Waals surface area contributed by atoms with Crippen LogP contribution in [0.3, 0.4) is 0 Å². The van der Waals surface area contributed by atoms with Crippen molar-refractivity contribution in [3.05, 3.63) is 58.8 Å². The first-order chi connectivity index (χ1) is 9.49. The highest BCUT2D eigenvalue weighted by Crippen LogP contribution is 2.15. The SMILES string of the molecule is Cc1cccc(C)c1C(=O)Nc1ccc(C(=O)O)cn1. The van der Waals surface area contributed by atoms with Crippen LogP contribution in [-0.4, -0.2) is 22.0 Å². The standard InChI is InChI=1S/C15H14N2O3/c1-9-4-3-5-10(2)13(9)14(18)17-12-7-6-11(8-16-12)15(19)20/h3-8H,1-2H3,(H,19,20)(H,16,17,18). The monoisotopic (exact) mass is 270 g/mol. The number of carbonyl (C=O) groups is 2. The van der Waals surface area contributed by atoms with Gasteiger partial charge in [0.2, 0.25) is 0 Å². The molecule has 2 rings (SSSR count). The summed E-state index contributed by atoms with van der Waals surface area (Å²) in [4.78, 5) is 26.8. The molecule has 2 N–H and O–H groups in total. The van der Waals surface area contributed by atoms with Gasteiger partial charge in [-0.05, 0) is 37.1 Å². The normalized spacial score (nSPS) is 10.1. The number of rotatable bonds is 3. The van der Waals surface area contributed by atoms with Gasteiger partial charge >= 0.3 is 5.97 Å². The third kappa shape index (κ3) is 2.83. The van der Waals surface area contributed by atoms with Gasteiger partial charge in [-0.25, -0.2) is 9.78 Å². The minimum absolute atomic E-state index is 0.0788. The van der Waals surface area contributed by atoms with Crippen LogP contribution in [0.15, 0.2) is 36.5 Å². The molecule has 2 aromatic rings. The zero-order valence-electron chi connectivity index (χ0n) is 11.2. The molecule has 0 fully saturated rings. The maximum absolute atomic E-state index is 12.2. The van der Waals surface area contributed by atoms with Crippen molar-refractivity contribution in [1.29, 1.82) is 0 Å². The predicted molar refractivity (Wildman–Crippen MR) is 75.1 cm³/mol. The lowest BCUT2D eigenvalue weighted by Crippen LogP contribution is -2.16. The number of nitrogens with one attached hydrogen (secondary N) is 1. The third-order valence-corrected chi connectivity index (χ3v) is 2.96. The zero-order chi connectivity index (χ0) is 14.7. The van der Waals surface area contributed by atoms with Gasteiger partial charge in [0.25, 0.3) is 5.91 Å². The maximum atomic E-state index is 12.2. The number of carbonyl (C=O) groups excluding carboxylic acids is 1. The summed E-state index contributed by atoms with van der Waals surface area (Å²) in [5.41, 5.74) is 2.45. The van der Waals surface area contributed by atoms with E-state index >= 15 is 0 Å². The first kappa shape index (κ1) is 13.7. The number of aryl methyl sites for hydroxylation is 2. The highest BCUT2D eigenvalue weighted by molar-refractivity contribution is 6.05. The molecule has 5 nitrogen and oxygen atoms in total. The summed E-state index contributed by atoms with van der Waals surface area (Å²) in [5.74, 6) is -0.982. The van der Waals surface area contributed by atoms with E-state index in [1.54, 1.807) is 0 Å².